The zero-order valence-corrected chi connectivity index (χ0v) is 14.1. The summed E-state index contributed by atoms with van der Waals surface area (Å²) in [5.74, 6) is 0.205. The molecule has 1 aliphatic rings. The topological polar surface area (TPSA) is 66.8 Å². The minimum Gasteiger partial charge on any atom is -0.508 e. The first kappa shape index (κ1) is 18.2. The number of nitrogens with zero attached hydrogens (tertiary/aromatic N) is 1. The molecule has 1 fully saturated rings. The smallest absolute Gasteiger partial charge is 0.309 e. The van der Waals surface area contributed by atoms with Crippen LogP contribution in [-0.4, -0.2) is 48.0 Å². The van der Waals surface area contributed by atoms with E-state index in [1.54, 1.807) is 36.4 Å². The zero-order chi connectivity index (χ0) is 17.4. The first-order valence-corrected chi connectivity index (χ1v) is 8.47. The van der Waals surface area contributed by atoms with Crippen molar-refractivity contribution in [2.24, 2.45) is 5.92 Å². The molecule has 0 saturated carbocycles. The van der Waals surface area contributed by atoms with Gasteiger partial charge < -0.3 is 14.7 Å². The van der Waals surface area contributed by atoms with Crippen molar-refractivity contribution in [2.75, 3.05) is 26.2 Å². The molecule has 1 heterocycles. The lowest BCUT2D eigenvalue weighted by Crippen LogP contribution is -2.37. The number of rotatable bonds is 7. The number of esters is 1. The third-order valence-corrected chi connectivity index (χ3v) is 4.24. The predicted octanol–water partition coefficient (Wildman–Crippen LogP) is 2.64. The highest BCUT2D eigenvalue weighted by molar-refractivity contribution is 5.93. The first-order valence-electron chi connectivity index (χ1n) is 8.47. The SMILES string of the molecule is CCOC(=O)C1CCN(CCC(=O)C=Cc2ccc(O)cc2)CC1. The van der Waals surface area contributed by atoms with Crippen LogP contribution in [0.25, 0.3) is 6.08 Å². The third-order valence-electron chi connectivity index (χ3n) is 4.24. The summed E-state index contributed by atoms with van der Waals surface area (Å²) in [6, 6.07) is 6.72. The Hall–Kier alpha value is -2.14. The number of carbonyl (C=O) groups is 2. The number of allylic oxidation sites excluding steroid dienone is 1. The fraction of sp³-hybridized carbons (Fsp3) is 0.474. The highest BCUT2D eigenvalue weighted by Crippen LogP contribution is 2.19. The molecule has 0 aliphatic carbocycles. The van der Waals surface area contributed by atoms with Crippen molar-refractivity contribution >= 4 is 17.8 Å². The third kappa shape index (κ3) is 5.81. The highest BCUT2D eigenvalue weighted by Gasteiger charge is 2.25. The van der Waals surface area contributed by atoms with Gasteiger partial charge in [0.05, 0.1) is 12.5 Å². The highest BCUT2D eigenvalue weighted by atomic mass is 16.5. The van der Waals surface area contributed by atoms with Crippen molar-refractivity contribution in [1.29, 1.82) is 0 Å². The van der Waals surface area contributed by atoms with Gasteiger partial charge in [0, 0.05) is 13.0 Å². The van der Waals surface area contributed by atoms with Crippen LogP contribution in [0.5, 0.6) is 5.75 Å². The lowest BCUT2D eigenvalue weighted by atomic mass is 9.97. The number of phenols is 1. The number of benzene rings is 1. The molecule has 24 heavy (non-hydrogen) atoms. The Morgan fingerprint density at radius 3 is 2.54 bits per heavy atom. The minimum atomic E-state index is -0.0925. The number of piperidine rings is 1. The van der Waals surface area contributed by atoms with E-state index in [0.29, 0.717) is 19.6 Å². The van der Waals surface area contributed by atoms with Crippen molar-refractivity contribution in [3.05, 3.63) is 35.9 Å². The molecular weight excluding hydrogens is 306 g/mol. The molecule has 0 bridgehead atoms. The van der Waals surface area contributed by atoms with E-state index in [-0.39, 0.29) is 23.4 Å². The zero-order valence-electron chi connectivity index (χ0n) is 14.1. The molecule has 1 aromatic carbocycles. The Morgan fingerprint density at radius 1 is 1.25 bits per heavy atom. The molecule has 0 unspecified atom stereocenters. The Kier molecular flexibility index (Phi) is 7.00. The van der Waals surface area contributed by atoms with Gasteiger partial charge in [-0.3, -0.25) is 9.59 Å². The summed E-state index contributed by atoms with van der Waals surface area (Å²) in [4.78, 5) is 25.9. The molecule has 0 aromatic heterocycles. The quantitative estimate of drug-likeness (QED) is 0.614. The summed E-state index contributed by atoms with van der Waals surface area (Å²) < 4.78 is 5.06. The van der Waals surface area contributed by atoms with E-state index < -0.39 is 0 Å². The molecule has 0 atom stereocenters. The van der Waals surface area contributed by atoms with Gasteiger partial charge in [0.1, 0.15) is 5.75 Å². The van der Waals surface area contributed by atoms with Crippen molar-refractivity contribution in [1.82, 2.24) is 4.90 Å². The number of ether oxygens (including phenoxy) is 1. The van der Waals surface area contributed by atoms with E-state index in [4.69, 9.17) is 4.74 Å². The van der Waals surface area contributed by atoms with Crippen molar-refractivity contribution in [3.63, 3.8) is 0 Å². The summed E-state index contributed by atoms with van der Waals surface area (Å²) in [7, 11) is 0. The van der Waals surface area contributed by atoms with Crippen LogP contribution in [-0.2, 0) is 14.3 Å². The van der Waals surface area contributed by atoms with Crippen molar-refractivity contribution < 1.29 is 19.4 Å². The van der Waals surface area contributed by atoms with E-state index >= 15 is 0 Å². The number of ketones is 1. The van der Waals surface area contributed by atoms with E-state index in [9.17, 15) is 14.7 Å². The second-order valence-electron chi connectivity index (χ2n) is 6.01. The summed E-state index contributed by atoms with van der Waals surface area (Å²) in [5.41, 5.74) is 0.886. The Labute approximate surface area is 142 Å². The maximum absolute atomic E-state index is 11.9. The Bertz CT molecular complexity index is 572. The van der Waals surface area contributed by atoms with E-state index in [2.05, 4.69) is 4.90 Å². The fourth-order valence-electron chi connectivity index (χ4n) is 2.78. The molecule has 0 spiro atoms. The van der Waals surface area contributed by atoms with Crippen molar-refractivity contribution in [3.8, 4) is 5.75 Å². The molecule has 1 saturated heterocycles. The minimum absolute atomic E-state index is 0.00583. The largest absolute Gasteiger partial charge is 0.508 e. The van der Waals surface area contributed by atoms with Gasteiger partial charge in [-0.2, -0.15) is 0 Å². The lowest BCUT2D eigenvalue weighted by Gasteiger charge is -2.30. The van der Waals surface area contributed by atoms with Gasteiger partial charge in [0.25, 0.3) is 0 Å². The number of carbonyl (C=O) groups excluding carboxylic acids is 2. The van der Waals surface area contributed by atoms with E-state index in [1.165, 1.54) is 0 Å². The second-order valence-corrected chi connectivity index (χ2v) is 6.01. The molecule has 2 rings (SSSR count). The molecule has 1 N–H and O–H groups in total. The molecule has 1 aliphatic heterocycles. The number of phenolic OH excluding ortho intramolecular Hbond substituents is 1. The number of aromatic hydroxyl groups is 1. The Balaban J connectivity index is 1.69. The van der Waals surface area contributed by atoms with Crippen LogP contribution in [0.4, 0.5) is 0 Å². The first-order chi connectivity index (χ1) is 11.6. The van der Waals surface area contributed by atoms with Crippen LogP contribution in [0.2, 0.25) is 0 Å². The van der Waals surface area contributed by atoms with Gasteiger partial charge in [-0.05, 0) is 56.6 Å². The van der Waals surface area contributed by atoms with Crippen LogP contribution < -0.4 is 0 Å². The molecule has 0 radical (unpaired) electrons. The summed E-state index contributed by atoms with van der Waals surface area (Å²) in [6.45, 7) is 4.64. The van der Waals surface area contributed by atoms with Gasteiger partial charge in [0.2, 0.25) is 0 Å². The summed E-state index contributed by atoms with van der Waals surface area (Å²) in [5, 5.41) is 9.22. The molecule has 5 nitrogen and oxygen atoms in total. The molecule has 0 amide bonds. The van der Waals surface area contributed by atoms with Crippen LogP contribution in [0.1, 0.15) is 31.7 Å². The normalized spacial score (nSPS) is 16.4. The molecule has 5 heteroatoms. The van der Waals surface area contributed by atoms with E-state index in [0.717, 1.165) is 31.5 Å². The fourth-order valence-corrected chi connectivity index (χ4v) is 2.78. The van der Waals surface area contributed by atoms with Crippen LogP contribution in [0.3, 0.4) is 0 Å². The van der Waals surface area contributed by atoms with Gasteiger partial charge in [-0.15, -0.1) is 0 Å². The Morgan fingerprint density at radius 2 is 1.92 bits per heavy atom. The average molecular weight is 331 g/mol. The molecular formula is C19H25NO4. The van der Waals surface area contributed by atoms with E-state index in [1.807, 2.05) is 6.92 Å². The maximum Gasteiger partial charge on any atom is 0.309 e. The molecule has 130 valence electrons. The predicted molar refractivity (Wildman–Crippen MR) is 92.6 cm³/mol. The van der Waals surface area contributed by atoms with Crippen LogP contribution in [0, 0.1) is 5.92 Å². The van der Waals surface area contributed by atoms with Gasteiger partial charge >= 0.3 is 5.97 Å². The number of hydrogen-bond acceptors (Lipinski definition) is 5. The summed E-state index contributed by atoms with van der Waals surface area (Å²) in [6.07, 6.45) is 5.41. The van der Waals surface area contributed by atoms with Gasteiger partial charge in [-0.25, -0.2) is 0 Å². The summed E-state index contributed by atoms with van der Waals surface area (Å²) >= 11 is 0. The molecule has 1 aromatic rings. The maximum atomic E-state index is 11.9. The number of likely N-dealkylation sites (tertiary alicyclic amines) is 1. The second kappa shape index (κ2) is 9.23. The van der Waals surface area contributed by atoms with Crippen LogP contribution in [0.15, 0.2) is 30.3 Å². The van der Waals surface area contributed by atoms with Gasteiger partial charge in [-0.1, -0.05) is 18.2 Å². The number of hydrogen-bond donors (Lipinski definition) is 1. The van der Waals surface area contributed by atoms with Gasteiger partial charge in [0.15, 0.2) is 5.78 Å². The van der Waals surface area contributed by atoms with Crippen molar-refractivity contribution in [2.45, 2.75) is 26.2 Å². The monoisotopic (exact) mass is 331 g/mol. The average Bonchev–Trinajstić information content (AvgIpc) is 2.60. The standard InChI is InChI=1S/C19H25NO4/c1-2-24-19(23)16-9-12-20(13-10-16)14-11-18(22)8-5-15-3-6-17(21)7-4-15/h3-8,16,21H,2,9-14H2,1H3. The van der Waals surface area contributed by atoms with Crippen LogP contribution >= 0.6 is 0 Å². The lowest BCUT2D eigenvalue weighted by molar-refractivity contribution is -0.149.